The largest absolute Gasteiger partial charge is 0.382 e. The van der Waals surface area contributed by atoms with E-state index in [2.05, 4.69) is 33.6 Å². The van der Waals surface area contributed by atoms with Crippen molar-refractivity contribution in [2.24, 2.45) is 10.2 Å². The van der Waals surface area contributed by atoms with Crippen LogP contribution in [0.5, 0.6) is 0 Å². The van der Waals surface area contributed by atoms with Crippen LogP contribution in [-0.2, 0) is 12.0 Å². The molecule has 0 aliphatic carbocycles. The molecule has 8 heteroatoms. The van der Waals surface area contributed by atoms with Crippen LogP contribution in [0.3, 0.4) is 0 Å². The average Bonchev–Trinajstić information content (AvgIpc) is 2.69. The molecule has 0 bridgehead atoms. The van der Waals surface area contributed by atoms with Gasteiger partial charge in [-0.2, -0.15) is 15.3 Å². The van der Waals surface area contributed by atoms with Crippen molar-refractivity contribution in [2.75, 3.05) is 18.2 Å². The Morgan fingerprint density at radius 3 is 2.50 bits per heavy atom. The molecule has 2 rings (SSSR count). The Bertz CT molecular complexity index is 839. The number of benzene rings is 1. The number of hydrogen-bond donors (Lipinski definition) is 1. The second-order valence-electron chi connectivity index (χ2n) is 6.65. The van der Waals surface area contributed by atoms with Crippen LogP contribution >= 0.6 is 0 Å². The maximum atomic E-state index is 13.1. The molecule has 0 fully saturated rings. The number of aromatic nitrogens is 2. The van der Waals surface area contributed by atoms with Gasteiger partial charge in [0.1, 0.15) is 5.60 Å². The van der Waals surface area contributed by atoms with E-state index in [1.165, 1.54) is 5.12 Å². The Kier molecular flexibility index (Phi) is 6.94. The number of para-hydroxylation sites is 1. The highest BCUT2D eigenvalue weighted by molar-refractivity contribution is 5.99. The molecule has 0 atom stereocenters. The van der Waals surface area contributed by atoms with Crippen LogP contribution in [0.4, 0.5) is 5.69 Å². The zero-order valence-corrected chi connectivity index (χ0v) is 16.5. The maximum Gasteiger partial charge on any atom is 0.256 e. The van der Waals surface area contributed by atoms with E-state index >= 15 is 0 Å². The summed E-state index contributed by atoms with van der Waals surface area (Å²) >= 11 is 0. The van der Waals surface area contributed by atoms with Crippen LogP contribution in [0.15, 0.2) is 46.7 Å². The molecule has 1 aromatic heterocycles. The summed E-state index contributed by atoms with van der Waals surface area (Å²) in [7, 11) is 0. The van der Waals surface area contributed by atoms with Gasteiger partial charge >= 0.3 is 0 Å². The SMILES string of the molecule is C=NN(N=C)c1ccccc1C(=O)N(CC)CCc1ccnc(C(C)(C)O)n1. The van der Waals surface area contributed by atoms with E-state index in [-0.39, 0.29) is 5.91 Å². The number of carbonyl (C=O) groups excluding carboxylic acids is 1. The van der Waals surface area contributed by atoms with Gasteiger partial charge in [-0.1, -0.05) is 12.1 Å². The van der Waals surface area contributed by atoms with E-state index in [0.717, 1.165) is 5.69 Å². The molecule has 8 nitrogen and oxygen atoms in total. The van der Waals surface area contributed by atoms with Gasteiger partial charge in [-0.3, -0.25) is 4.79 Å². The van der Waals surface area contributed by atoms with Crippen LogP contribution in [0.2, 0.25) is 0 Å². The monoisotopic (exact) mass is 382 g/mol. The summed E-state index contributed by atoms with van der Waals surface area (Å²) in [5.74, 6) is 0.210. The van der Waals surface area contributed by atoms with Crippen molar-refractivity contribution in [3.05, 3.63) is 53.6 Å². The first-order valence-corrected chi connectivity index (χ1v) is 8.98. The van der Waals surface area contributed by atoms with Gasteiger partial charge in [-0.05, 0) is 39.0 Å². The summed E-state index contributed by atoms with van der Waals surface area (Å²) in [4.78, 5) is 23.3. The fourth-order valence-electron chi connectivity index (χ4n) is 2.68. The molecule has 0 aliphatic rings. The first-order chi connectivity index (χ1) is 13.3. The quantitative estimate of drug-likeness (QED) is 0.531. The molecule has 0 radical (unpaired) electrons. The highest BCUT2D eigenvalue weighted by Gasteiger charge is 2.22. The maximum absolute atomic E-state index is 13.1. The van der Waals surface area contributed by atoms with Crippen LogP contribution in [-0.4, -0.2) is 52.4 Å². The number of anilines is 1. The Balaban J connectivity index is 2.20. The zero-order chi connectivity index (χ0) is 20.7. The fourth-order valence-corrected chi connectivity index (χ4v) is 2.68. The molecule has 0 saturated carbocycles. The highest BCUT2D eigenvalue weighted by atomic mass is 16.3. The van der Waals surface area contributed by atoms with Crippen molar-refractivity contribution in [3.8, 4) is 0 Å². The van der Waals surface area contributed by atoms with E-state index in [4.69, 9.17) is 0 Å². The lowest BCUT2D eigenvalue weighted by atomic mass is 10.1. The number of nitrogens with zero attached hydrogens (tertiary/aromatic N) is 6. The molecule has 148 valence electrons. The Labute approximate surface area is 165 Å². The predicted octanol–water partition coefficient (Wildman–Crippen LogP) is 2.45. The van der Waals surface area contributed by atoms with Crippen molar-refractivity contribution >= 4 is 25.0 Å². The normalized spacial score (nSPS) is 11.0. The lowest BCUT2D eigenvalue weighted by Crippen LogP contribution is -2.34. The first-order valence-electron chi connectivity index (χ1n) is 8.98. The van der Waals surface area contributed by atoms with E-state index < -0.39 is 5.60 Å². The van der Waals surface area contributed by atoms with Crippen LogP contribution < -0.4 is 5.12 Å². The molecule has 2 aromatic rings. The van der Waals surface area contributed by atoms with Gasteiger partial charge in [0.25, 0.3) is 5.91 Å². The summed E-state index contributed by atoms with van der Waals surface area (Å²) in [5, 5.41) is 18.9. The van der Waals surface area contributed by atoms with Gasteiger partial charge < -0.3 is 10.0 Å². The lowest BCUT2D eigenvalue weighted by molar-refractivity contribution is 0.0680. The third-order valence-corrected chi connectivity index (χ3v) is 4.19. The number of amides is 1. The third-order valence-electron chi connectivity index (χ3n) is 4.19. The molecule has 1 aromatic carbocycles. The van der Waals surface area contributed by atoms with Gasteiger partial charge in [0.05, 0.1) is 11.3 Å². The molecule has 1 amide bonds. The van der Waals surface area contributed by atoms with E-state index in [0.29, 0.717) is 36.6 Å². The molecule has 0 saturated heterocycles. The van der Waals surface area contributed by atoms with Crippen LogP contribution in [0, 0.1) is 0 Å². The van der Waals surface area contributed by atoms with Crippen LogP contribution in [0.1, 0.15) is 42.6 Å². The Morgan fingerprint density at radius 2 is 1.89 bits per heavy atom. The molecule has 1 N–H and O–H groups in total. The summed E-state index contributed by atoms with van der Waals surface area (Å²) in [6.07, 6.45) is 2.16. The average molecular weight is 382 g/mol. The molecular formula is C20H26N6O2. The summed E-state index contributed by atoms with van der Waals surface area (Å²) < 4.78 is 0. The summed E-state index contributed by atoms with van der Waals surface area (Å²) in [6, 6.07) is 8.83. The Hall–Kier alpha value is -3.13. The number of hydrogen-bond acceptors (Lipinski definition) is 7. The van der Waals surface area contributed by atoms with Crippen molar-refractivity contribution in [1.82, 2.24) is 14.9 Å². The van der Waals surface area contributed by atoms with Crippen molar-refractivity contribution in [1.29, 1.82) is 0 Å². The Morgan fingerprint density at radius 1 is 1.21 bits per heavy atom. The minimum atomic E-state index is -1.12. The first kappa shape index (κ1) is 21.2. The minimum Gasteiger partial charge on any atom is -0.382 e. The second kappa shape index (κ2) is 9.18. The third kappa shape index (κ3) is 4.98. The lowest BCUT2D eigenvalue weighted by Gasteiger charge is -2.23. The van der Waals surface area contributed by atoms with Gasteiger partial charge in [0.15, 0.2) is 5.82 Å². The van der Waals surface area contributed by atoms with Crippen molar-refractivity contribution in [3.63, 3.8) is 0 Å². The van der Waals surface area contributed by atoms with Crippen molar-refractivity contribution in [2.45, 2.75) is 32.8 Å². The smallest absolute Gasteiger partial charge is 0.256 e. The van der Waals surface area contributed by atoms with E-state index in [1.54, 1.807) is 55.3 Å². The number of likely N-dealkylation sites (N-methyl/N-ethyl adjacent to an activating group) is 1. The topological polar surface area (TPSA) is 94.3 Å². The molecule has 0 spiro atoms. The molecular weight excluding hydrogens is 356 g/mol. The number of aliphatic hydroxyl groups is 1. The molecule has 1 heterocycles. The van der Waals surface area contributed by atoms with E-state index in [9.17, 15) is 9.90 Å². The van der Waals surface area contributed by atoms with Gasteiger partial charge in [0.2, 0.25) is 0 Å². The summed E-state index contributed by atoms with van der Waals surface area (Å²) in [5.41, 5.74) is 0.619. The summed E-state index contributed by atoms with van der Waals surface area (Å²) in [6.45, 7) is 13.1. The molecule has 0 unspecified atom stereocenters. The van der Waals surface area contributed by atoms with Gasteiger partial charge in [-0.15, -0.1) is 0 Å². The number of carbonyl (C=O) groups is 1. The zero-order valence-electron chi connectivity index (χ0n) is 16.5. The number of hydrazone groups is 2. The van der Waals surface area contributed by atoms with Crippen molar-refractivity contribution < 1.29 is 9.90 Å². The van der Waals surface area contributed by atoms with Gasteiger partial charge in [0, 0.05) is 44.8 Å². The molecule has 0 aliphatic heterocycles. The minimum absolute atomic E-state index is 0.146. The van der Waals surface area contributed by atoms with Crippen LogP contribution in [0.25, 0.3) is 0 Å². The standard InChI is InChI=1S/C20H26N6O2/c1-6-25(14-12-15-11-13-23-19(24-15)20(2,3)28)18(27)16-9-7-8-10-17(16)26(21-4)22-5/h7-11,13,28H,4-6,12,14H2,1-3H3. The van der Waals surface area contributed by atoms with Gasteiger partial charge in [-0.25, -0.2) is 9.97 Å². The molecule has 28 heavy (non-hydrogen) atoms. The predicted molar refractivity (Wildman–Crippen MR) is 111 cm³/mol. The second-order valence-corrected chi connectivity index (χ2v) is 6.65. The fraction of sp³-hybridized carbons (Fsp3) is 0.350. The number of rotatable bonds is 9. The highest BCUT2D eigenvalue weighted by Crippen LogP contribution is 2.23. The van der Waals surface area contributed by atoms with E-state index in [1.807, 2.05) is 6.92 Å².